The average molecular weight is 751 g/mol. The van der Waals surface area contributed by atoms with Gasteiger partial charge in [0.25, 0.3) is 0 Å². The third kappa shape index (κ3) is 10.4. The Balaban J connectivity index is 1.62. The molecule has 1 aromatic heterocycles. The number of nitrogens with zero attached hydrogens (tertiary/aromatic N) is 1. The van der Waals surface area contributed by atoms with Crippen molar-refractivity contribution in [3.63, 3.8) is 0 Å². The van der Waals surface area contributed by atoms with Crippen molar-refractivity contribution in [3.05, 3.63) is 94.5 Å². The monoisotopic (exact) mass is 750 g/mol. The zero-order valence-electron chi connectivity index (χ0n) is 26.3. The Labute approximate surface area is 290 Å². The smallest absolute Gasteiger partial charge is 0.461 e. The Morgan fingerprint density at radius 1 is 0.961 bits per heavy atom. The van der Waals surface area contributed by atoms with Crippen LogP contribution in [-0.2, 0) is 21.5 Å². The van der Waals surface area contributed by atoms with Gasteiger partial charge in [0, 0.05) is 30.6 Å². The van der Waals surface area contributed by atoms with E-state index < -0.39 is 78.1 Å². The molecule has 276 valence electrons. The number of alkyl halides is 7. The minimum Gasteiger partial charge on any atom is -0.481 e. The number of aromatic nitrogens is 1. The molecule has 1 fully saturated rings. The van der Waals surface area contributed by atoms with Crippen molar-refractivity contribution in [2.24, 2.45) is 5.92 Å². The number of nitrogens with one attached hydrogen (secondary N) is 3. The summed E-state index contributed by atoms with van der Waals surface area (Å²) in [6.07, 6.45) is -14.3. The van der Waals surface area contributed by atoms with Crippen LogP contribution < -0.4 is 20.7 Å². The maximum atomic E-state index is 15.1. The van der Waals surface area contributed by atoms with Gasteiger partial charge >= 0.3 is 30.7 Å². The zero-order chi connectivity index (χ0) is 37.6. The predicted octanol–water partition coefficient (Wildman–Crippen LogP) is 6.98. The molecule has 3 aromatic rings. The molecule has 1 heterocycles. The lowest BCUT2D eigenvalue weighted by atomic mass is 9.80. The van der Waals surface area contributed by atoms with Gasteiger partial charge in [-0.15, -0.1) is 0 Å². The lowest BCUT2D eigenvalue weighted by Crippen LogP contribution is -2.55. The van der Waals surface area contributed by atoms with Crippen LogP contribution in [0.15, 0.2) is 66.9 Å². The number of pyridine rings is 1. The Bertz CT molecular complexity index is 1680. The molecular formula is C33H31ClF8N4O5. The molecule has 4 N–H and O–H groups in total. The Hall–Kier alpha value is -4.67. The van der Waals surface area contributed by atoms with Gasteiger partial charge in [0.2, 0.25) is 5.91 Å². The molecule has 2 atom stereocenters. The van der Waals surface area contributed by atoms with E-state index in [1.54, 1.807) is 35.6 Å². The Kier molecular flexibility index (Phi) is 12.4. The molecule has 2 aromatic carbocycles. The summed E-state index contributed by atoms with van der Waals surface area (Å²) in [5, 5.41) is 16.2. The van der Waals surface area contributed by atoms with Gasteiger partial charge in [-0.2, -0.15) is 30.7 Å². The summed E-state index contributed by atoms with van der Waals surface area (Å²) < 4.78 is 113. The number of amides is 3. The van der Waals surface area contributed by atoms with E-state index in [-0.39, 0.29) is 48.4 Å². The molecule has 18 heteroatoms. The molecule has 3 amide bonds. The molecule has 51 heavy (non-hydrogen) atoms. The number of benzene rings is 2. The van der Waals surface area contributed by atoms with Crippen molar-refractivity contribution in [1.82, 2.24) is 20.9 Å². The largest absolute Gasteiger partial charge is 0.481 e. The first-order valence-electron chi connectivity index (χ1n) is 15.4. The fourth-order valence-corrected chi connectivity index (χ4v) is 5.86. The van der Waals surface area contributed by atoms with E-state index in [4.69, 9.17) is 16.7 Å². The van der Waals surface area contributed by atoms with Gasteiger partial charge in [-0.1, -0.05) is 41.9 Å². The molecule has 1 aliphatic carbocycles. The summed E-state index contributed by atoms with van der Waals surface area (Å²) >= 11 is 6.05. The van der Waals surface area contributed by atoms with Gasteiger partial charge in [0.05, 0.1) is 17.1 Å². The molecule has 0 aliphatic heterocycles. The number of halogens is 9. The quantitative estimate of drug-likeness (QED) is 0.140. The fourth-order valence-electron chi connectivity index (χ4n) is 5.75. The third-order valence-corrected chi connectivity index (χ3v) is 8.42. The van der Waals surface area contributed by atoms with Crippen molar-refractivity contribution in [1.29, 1.82) is 0 Å². The zero-order valence-corrected chi connectivity index (χ0v) is 27.1. The maximum Gasteiger partial charge on any atom is 0.461 e. The van der Waals surface area contributed by atoms with Crippen LogP contribution in [0, 0.1) is 11.7 Å². The van der Waals surface area contributed by atoms with Crippen LogP contribution in [0.25, 0.3) is 0 Å². The number of urea groups is 1. The summed E-state index contributed by atoms with van der Waals surface area (Å²) in [5.74, 6) is -5.79. The van der Waals surface area contributed by atoms with Crippen LogP contribution in [0.4, 0.5) is 39.9 Å². The van der Waals surface area contributed by atoms with Crippen molar-refractivity contribution in [2.45, 2.75) is 74.9 Å². The minimum atomic E-state index is -4.99. The second-order valence-electron chi connectivity index (χ2n) is 11.9. The summed E-state index contributed by atoms with van der Waals surface area (Å²) in [4.78, 5) is 41.5. The highest BCUT2D eigenvalue weighted by atomic mass is 35.5. The number of aliphatic carboxylic acids is 1. The summed E-state index contributed by atoms with van der Waals surface area (Å²) in [5.41, 5.74) is -1.54. The fraction of sp³-hybridized carbons (Fsp3) is 0.394. The van der Waals surface area contributed by atoms with E-state index in [1.165, 1.54) is 18.3 Å². The lowest BCUT2D eigenvalue weighted by Gasteiger charge is -2.37. The first kappa shape index (κ1) is 39.1. The summed E-state index contributed by atoms with van der Waals surface area (Å²) in [6, 6.07) is 9.20. The van der Waals surface area contributed by atoms with Crippen molar-refractivity contribution >= 4 is 29.5 Å². The van der Waals surface area contributed by atoms with Crippen LogP contribution in [0.2, 0.25) is 5.02 Å². The van der Waals surface area contributed by atoms with Crippen LogP contribution >= 0.6 is 11.6 Å². The van der Waals surface area contributed by atoms with Gasteiger partial charge < -0.3 is 25.8 Å². The maximum absolute atomic E-state index is 15.1. The van der Waals surface area contributed by atoms with E-state index in [0.29, 0.717) is 11.6 Å². The van der Waals surface area contributed by atoms with E-state index >= 15 is 4.39 Å². The Morgan fingerprint density at radius 2 is 1.63 bits per heavy atom. The molecule has 1 saturated carbocycles. The SMILES string of the molecule is O=C(O)CC(NC(=O)C1CCC(NC(=O)N[C@@](Cc2ccccc2)(c2cc(F)cc(OC(F)(F)C(F)F)c2)c2ccc(Cl)cn2)CC1)C(F)(F)F. The Morgan fingerprint density at radius 3 is 2.20 bits per heavy atom. The van der Waals surface area contributed by atoms with Crippen LogP contribution in [-0.4, -0.2) is 58.8 Å². The van der Waals surface area contributed by atoms with Crippen molar-refractivity contribution in [2.75, 3.05) is 0 Å². The first-order valence-corrected chi connectivity index (χ1v) is 15.8. The highest BCUT2D eigenvalue weighted by Crippen LogP contribution is 2.37. The number of ether oxygens (including phenoxy) is 1. The number of carboxylic acid groups (broad SMARTS) is 1. The highest BCUT2D eigenvalue weighted by Gasteiger charge is 2.46. The van der Waals surface area contributed by atoms with Crippen molar-refractivity contribution < 1.29 is 59.4 Å². The van der Waals surface area contributed by atoms with E-state index in [0.717, 1.165) is 12.1 Å². The molecule has 4 rings (SSSR count). The number of hydrogen-bond donors (Lipinski definition) is 4. The van der Waals surface area contributed by atoms with E-state index in [9.17, 15) is 45.1 Å². The predicted molar refractivity (Wildman–Crippen MR) is 166 cm³/mol. The topological polar surface area (TPSA) is 130 Å². The first-order chi connectivity index (χ1) is 23.9. The molecule has 0 spiro atoms. The molecule has 1 unspecified atom stereocenters. The van der Waals surface area contributed by atoms with Crippen molar-refractivity contribution in [3.8, 4) is 5.75 Å². The number of carbonyl (C=O) groups is 3. The van der Waals surface area contributed by atoms with Gasteiger partial charge in [-0.3, -0.25) is 14.6 Å². The van der Waals surface area contributed by atoms with Crippen LogP contribution in [0.3, 0.4) is 0 Å². The average Bonchev–Trinajstić information content (AvgIpc) is 3.04. The van der Waals surface area contributed by atoms with Gasteiger partial charge in [0.15, 0.2) is 0 Å². The van der Waals surface area contributed by atoms with E-state index in [2.05, 4.69) is 20.4 Å². The molecular weight excluding hydrogens is 720 g/mol. The van der Waals surface area contributed by atoms with Crippen LogP contribution in [0.5, 0.6) is 5.75 Å². The number of rotatable bonds is 13. The third-order valence-electron chi connectivity index (χ3n) is 8.20. The number of carboxylic acids is 1. The lowest BCUT2D eigenvalue weighted by molar-refractivity contribution is -0.253. The minimum absolute atomic E-state index is 0.0315. The second-order valence-corrected chi connectivity index (χ2v) is 12.4. The number of hydrogen-bond acceptors (Lipinski definition) is 5. The summed E-state index contributed by atoms with van der Waals surface area (Å²) in [6.45, 7) is 0. The van der Waals surface area contributed by atoms with Gasteiger partial charge in [0.1, 0.15) is 23.1 Å². The molecule has 0 bridgehead atoms. The molecule has 1 aliphatic rings. The van der Waals surface area contributed by atoms with Crippen LogP contribution in [0.1, 0.15) is 48.9 Å². The number of carbonyl (C=O) groups excluding carboxylic acids is 2. The van der Waals surface area contributed by atoms with E-state index in [1.807, 2.05) is 0 Å². The normalized spacial score (nSPS) is 18.3. The summed E-state index contributed by atoms with van der Waals surface area (Å²) in [7, 11) is 0. The van der Waals surface area contributed by atoms with Gasteiger partial charge in [-0.25, -0.2) is 9.18 Å². The highest BCUT2D eigenvalue weighted by molar-refractivity contribution is 6.30. The molecule has 9 nitrogen and oxygen atoms in total. The molecule has 0 saturated heterocycles. The second kappa shape index (κ2) is 16.1. The molecule has 0 radical (unpaired) electrons. The van der Waals surface area contributed by atoms with Gasteiger partial charge in [-0.05, 0) is 61.1 Å². The standard InChI is InChI=1S/C33H31ClF8N4O5/c34-21-8-11-25(43-17-21)31(16-18-4-2-1-3-5-18,20-12-22(35)14-24(13-20)51-33(41,42)29(36)37)46-30(50)44-23-9-6-19(7-10-23)28(49)45-26(15-27(47)48)32(38,39)40/h1-5,8,11-14,17,19,23,26,29H,6-7,9-10,15-16H2,(H,45,49)(H,47,48)(H2,44,46,50)/t19?,23?,26?,31-/m0/s1.